The molecule has 2 aromatic carbocycles. The number of nitrogens with zero attached hydrogens (tertiary/aromatic N) is 1. The van der Waals surface area contributed by atoms with Crippen molar-refractivity contribution in [3.63, 3.8) is 0 Å². The normalized spacial score (nSPS) is 20.9. The molecule has 0 aliphatic carbocycles. The Hall–Kier alpha value is -2.25. The van der Waals surface area contributed by atoms with Crippen LogP contribution in [0.2, 0.25) is 0 Å². The van der Waals surface area contributed by atoms with Crippen LogP contribution in [-0.2, 0) is 4.74 Å². The number of carbonyl (C=O) groups excluding carboxylic acids is 1. The smallest absolute Gasteiger partial charge is 0.257 e. The lowest BCUT2D eigenvalue weighted by Gasteiger charge is -2.39. The summed E-state index contributed by atoms with van der Waals surface area (Å²) in [7, 11) is 1.62. The van der Waals surface area contributed by atoms with Gasteiger partial charge in [-0.05, 0) is 65.5 Å². The van der Waals surface area contributed by atoms with E-state index in [2.05, 4.69) is 21.2 Å². The number of fused-ring (bicyclic) bond motifs is 1. The third-order valence-electron chi connectivity index (χ3n) is 5.30. The molecule has 29 heavy (non-hydrogen) atoms. The van der Waals surface area contributed by atoms with Gasteiger partial charge in [0.2, 0.25) is 0 Å². The molecule has 2 aromatic rings. The highest BCUT2D eigenvalue weighted by Crippen LogP contribution is 2.41. The van der Waals surface area contributed by atoms with Crippen LogP contribution < -0.4 is 14.8 Å². The van der Waals surface area contributed by atoms with Crippen LogP contribution in [0.1, 0.15) is 41.9 Å². The molecule has 154 valence electrons. The second-order valence-electron chi connectivity index (χ2n) is 7.15. The average Bonchev–Trinajstić information content (AvgIpc) is 3.23. The molecule has 0 bridgehead atoms. The Morgan fingerprint density at radius 3 is 2.86 bits per heavy atom. The monoisotopic (exact) mass is 460 g/mol. The Kier molecular flexibility index (Phi) is 5.96. The maximum atomic E-state index is 13.4. The van der Waals surface area contributed by atoms with Crippen molar-refractivity contribution in [3.8, 4) is 11.5 Å². The first-order valence-corrected chi connectivity index (χ1v) is 10.7. The zero-order chi connectivity index (χ0) is 20.4. The first-order chi connectivity index (χ1) is 14.1. The molecule has 0 saturated carbocycles. The van der Waals surface area contributed by atoms with Gasteiger partial charge < -0.3 is 24.4 Å². The predicted octanol–water partition coefficient (Wildman–Crippen LogP) is 4.60. The van der Waals surface area contributed by atoms with Gasteiger partial charge in [0.1, 0.15) is 6.17 Å². The third-order valence-corrected chi connectivity index (χ3v) is 5.89. The molecule has 1 amide bonds. The first-order valence-electron chi connectivity index (χ1n) is 9.90. The minimum absolute atomic E-state index is 0.00440. The maximum absolute atomic E-state index is 13.4. The van der Waals surface area contributed by atoms with E-state index >= 15 is 0 Å². The lowest BCUT2D eigenvalue weighted by atomic mass is 10.0. The van der Waals surface area contributed by atoms with E-state index in [-0.39, 0.29) is 18.2 Å². The molecule has 0 radical (unpaired) electrons. The molecule has 1 fully saturated rings. The predicted molar refractivity (Wildman–Crippen MR) is 115 cm³/mol. The Morgan fingerprint density at radius 2 is 2.14 bits per heavy atom. The van der Waals surface area contributed by atoms with E-state index in [1.165, 1.54) is 0 Å². The number of amides is 1. The summed E-state index contributed by atoms with van der Waals surface area (Å²) in [5, 5.41) is 3.53. The van der Waals surface area contributed by atoms with Crippen LogP contribution in [0.15, 0.2) is 40.9 Å². The van der Waals surface area contributed by atoms with Crippen molar-refractivity contribution in [2.45, 2.75) is 32.0 Å². The van der Waals surface area contributed by atoms with Crippen LogP contribution in [0.4, 0.5) is 5.69 Å². The average molecular weight is 461 g/mol. The van der Waals surface area contributed by atoms with E-state index in [9.17, 15) is 4.79 Å². The van der Waals surface area contributed by atoms with E-state index < -0.39 is 0 Å². The SMILES string of the molecule is CCOc1cc([C@@H]2Nc3ccccc3C(=O)N2C[C@H]2CCCO2)cc(Br)c1OC. The molecular weight excluding hydrogens is 436 g/mol. The molecule has 0 spiro atoms. The lowest BCUT2D eigenvalue weighted by molar-refractivity contribution is 0.0426. The van der Waals surface area contributed by atoms with Crippen molar-refractivity contribution >= 4 is 27.5 Å². The number of benzene rings is 2. The van der Waals surface area contributed by atoms with Crippen LogP contribution in [0.3, 0.4) is 0 Å². The maximum Gasteiger partial charge on any atom is 0.257 e. The molecule has 7 heteroatoms. The van der Waals surface area contributed by atoms with Gasteiger partial charge in [-0.1, -0.05) is 12.1 Å². The summed E-state index contributed by atoms with van der Waals surface area (Å²) in [6, 6.07) is 11.5. The van der Waals surface area contributed by atoms with Gasteiger partial charge in [0.25, 0.3) is 5.91 Å². The summed E-state index contributed by atoms with van der Waals surface area (Å²) in [5.74, 6) is 1.29. The van der Waals surface area contributed by atoms with E-state index in [4.69, 9.17) is 14.2 Å². The van der Waals surface area contributed by atoms with E-state index in [0.717, 1.165) is 35.2 Å². The van der Waals surface area contributed by atoms with Crippen molar-refractivity contribution in [1.29, 1.82) is 0 Å². The zero-order valence-electron chi connectivity index (χ0n) is 16.6. The summed E-state index contributed by atoms with van der Waals surface area (Å²) < 4.78 is 17.9. The number of ether oxygens (including phenoxy) is 3. The van der Waals surface area contributed by atoms with E-state index in [1.807, 2.05) is 48.2 Å². The van der Waals surface area contributed by atoms with Crippen LogP contribution >= 0.6 is 15.9 Å². The topological polar surface area (TPSA) is 60.0 Å². The number of methoxy groups -OCH3 is 1. The molecular formula is C22H25BrN2O4. The second kappa shape index (κ2) is 8.63. The van der Waals surface area contributed by atoms with Gasteiger partial charge >= 0.3 is 0 Å². The molecule has 1 N–H and O–H groups in total. The fraction of sp³-hybridized carbons (Fsp3) is 0.409. The molecule has 2 aliphatic heterocycles. The largest absolute Gasteiger partial charge is 0.492 e. The number of hydrogen-bond acceptors (Lipinski definition) is 5. The van der Waals surface area contributed by atoms with Gasteiger partial charge in [0.05, 0.1) is 29.9 Å². The molecule has 0 aromatic heterocycles. The number of carbonyl (C=O) groups is 1. The van der Waals surface area contributed by atoms with Crippen LogP contribution in [-0.4, -0.2) is 43.8 Å². The number of halogens is 1. The van der Waals surface area contributed by atoms with Crippen molar-refractivity contribution < 1.29 is 19.0 Å². The highest BCUT2D eigenvalue weighted by atomic mass is 79.9. The second-order valence-corrected chi connectivity index (χ2v) is 8.01. The Bertz CT molecular complexity index is 898. The Balaban J connectivity index is 1.75. The number of anilines is 1. The molecule has 2 aliphatic rings. The molecule has 0 unspecified atom stereocenters. The highest BCUT2D eigenvalue weighted by Gasteiger charge is 2.35. The Labute approximate surface area is 179 Å². The fourth-order valence-corrected chi connectivity index (χ4v) is 4.58. The first kappa shape index (κ1) is 20.0. The molecule has 2 atom stereocenters. The standard InChI is InChI=1S/C22H25BrN2O4/c1-3-28-19-12-14(11-17(23)20(19)27-2)21-24-18-9-5-4-8-16(18)22(26)25(21)13-15-7-6-10-29-15/h4-5,8-9,11-12,15,21,24H,3,6-7,10,13H2,1-2H3/t15-,21-/m1/s1. The van der Waals surface area contributed by atoms with Crippen LogP contribution in [0, 0.1) is 0 Å². The highest BCUT2D eigenvalue weighted by molar-refractivity contribution is 9.10. The van der Waals surface area contributed by atoms with E-state index in [1.54, 1.807) is 7.11 Å². The number of nitrogens with one attached hydrogen (secondary N) is 1. The molecule has 6 nitrogen and oxygen atoms in total. The third kappa shape index (κ3) is 3.94. The number of rotatable bonds is 6. The van der Waals surface area contributed by atoms with Gasteiger partial charge in [-0.15, -0.1) is 0 Å². The molecule has 1 saturated heterocycles. The molecule has 4 rings (SSSR count). The van der Waals surface area contributed by atoms with Crippen molar-refractivity contribution in [2.24, 2.45) is 0 Å². The minimum atomic E-state index is -0.331. The van der Waals surface area contributed by atoms with Gasteiger partial charge in [0, 0.05) is 18.8 Å². The van der Waals surface area contributed by atoms with Gasteiger partial charge in [-0.2, -0.15) is 0 Å². The van der Waals surface area contributed by atoms with Crippen LogP contribution in [0.25, 0.3) is 0 Å². The summed E-state index contributed by atoms with van der Waals surface area (Å²) in [6.45, 7) is 3.75. The van der Waals surface area contributed by atoms with Gasteiger partial charge in [0.15, 0.2) is 11.5 Å². The van der Waals surface area contributed by atoms with Crippen molar-refractivity contribution in [3.05, 3.63) is 52.0 Å². The van der Waals surface area contributed by atoms with Crippen molar-refractivity contribution in [2.75, 3.05) is 32.2 Å². The Morgan fingerprint density at radius 1 is 1.31 bits per heavy atom. The van der Waals surface area contributed by atoms with E-state index in [0.29, 0.717) is 30.2 Å². The summed E-state index contributed by atoms with van der Waals surface area (Å²) in [5.41, 5.74) is 2.43. The van der Waals surface area contributed by atoms with Gasteiger partial charge in [-0.3, -0.25) is 4.79 Å². The summed E-state index contributed by atoms with van der Waals surface area (Å²) in [4.78, 5) is 15.2. The molecule has 2 heterocycles. The number of hydrogen-bond donors (Lipinski definition) is 1. The number of para-hydroxylation sites is 1. The minimum Gasteiger partial charge on any atom is -0.492 e. The van der Waals surface area contributed by atoms with Crippen LogP contribution in [0.5, 0.6) is 11.5 Å². The van der Waals surface area contributed by atoms with Gasteiger partial charge in [-0.25, -0.2) is 0 Å². The quantitative estimate of drug-likeness (QED) is 0.682. The van der Waals surface area contributed by atoms with Crippen molar-refractivity contribution in [1.82, 2.24) is 4.90 Å². The summed E-state index contributed by atoms with van der Waals surface area (Å²) in [6.07, 6.45) is 1.73. The fourth-order valence-electron chi connectivity index (χ4n) is 3.96. The lowest BCUT2D eigenvalue weighted by Crippen LogP contribution is -2.46. The summed E-state index contributed by atoms with van der Waals surface area (Å²) >= 11 is 3.59. The zero-order valence-corrected chi connectivity index (χ0v) is 18.2.